The second kappa shape index (κ2) is 8.65. The molecule has 3 aromatic rings. The van der Waals surface area contributed by atoms with Gasteiger partial charge in [0, 0.05) is 11.8 Å². The number of hydrogen-bond donors (Lipinski definition) is 0. The molecule has 0 aliphatic heterocycles. The zero-order chi connectivity index (χ0) is 22.8. The largest absolute Gasteiger partial charge is 0.573 e. The molecule has 0 aromatic heterocycles. The molecule has 1 fully saturated rings. The first-order valence-electron chi connectivity index (χ1n) is 9.97. The maximum Gasteiger partial charge on any atom is 0.573 e. The van der Waals surface area contributed by atoms with Gasteiger partial charge in [-0.3, -0.25) is 0 Å². The van der Waals surface area contributed by atoms with Crippen molar-refractivity contribution in [2.24, 2.45) is 0 Å². The molecule has 0 atom stereocenters. The highest BCUT2D eigenvalue weighted by molar-refractivity contribution is 5.42. The van der Waals surface area contributed by atoms with E-state index in [0.717, 1.165) is 5.56 Å². The Morgan fingerprint density at radius 1 is 0.906 bits per heavy atom. The van der Waals surface area contributed by atoms with Crippen LogP contribution < -0.4 is 9.47 Å². The monoisotopic (exact) mass is 446 g/mol. The van der Waals surface area contributed by atoms with Gasteiger partial charge in [0.15, 0.2) is 11.6 Å². The van der Waals surface area contributed by atoms with Crippen molar-refractivity contribution in [2.45, 2.75) is 31.0 Å². The summed E-state index contributed by atoms with van der Waals surface area (Å²) in [5, 5.41) is 0. The second-order valence-electron chi connectivity index (χ2n) is 7.68. The minimum absolute atomic E-state index is 0.00267. The van der Waals surface area contributed by atoms with Crippen LogP contribution in [0.25, 0.3) is 0 Å². The van der Waals surface area contributed by atoms with Gasteiger partial charge in [0.2, 0.25) is 0 Å². The van der Waals surface area contributed by atoms with Gasteiger partial charge < -0.3 is 9.47 Å². The fourth-order valence-electron chi connectivity index (χ4n) is 3.54. The molecule has 4 rings (SSSR count). The Balaban J connectivity index is 1.47. The molecule has 0 N–H and O–H groups in total. The number of rotatable bonds is 7. The average molecular weight is 446 g/mol. The summed E-state index contributed by atoms with van der Waals surface area (Å²) < 4.78 is 75.4. The molecule has 166 valence electrons. The van der Waals surface area contributed by atoms with Crippen LogP contribution in [0.15, 0.2) is 84.7 Å². The van der Waals surface area contributed by atoms with Crippen LogP contribution in [0, 0.1) is 5.82 Å². The van der Waals surface area contributed by atoms with Crippen LogP contribution in [-0.4, -0.2) is 6.36 Å². The summed E-state index contributed by atoms with van der Waals surface area (Å²) in [5.74, 6) is -0.812. The Bertz CT molecular complexity index is 1100. The van der Waals surface area contributed by atoms with Crippen LogP contribution in [0.2, 0.25) is 0 Å². The fourth-order valence-corrected chi connectivity index (χ4v) is 3.54. The van der Waals surface area contributed by atoms with Gasteiger partial charge in [0.1, 0.15) is 17.3 Å². The first-order valence-corrected chi connectivity index (χ1v) is 9.97. The molecular formula is C25H19F5O2. The van der Waals surface area contributed by atoms with Gasteiger partial charge in [0.25, 0.3) is 0 Å². The lowest BCUT2D eigenvalue weighted by Gasteiger charge is -2.14. The minimum atomic E-state index is -4.76. The molecule has 0 bridgehead atoms. The first-order chi connectivity index (χ1) is 15.2. The van der Waals surface area contributed by atoms with E-state index in [1.807, 2.05) is 6.07 Å². The fraction of sp³-hybridized carbons (Fsp3) is 0.200. The summed E-state index contributed by atoms with van der Waals surface area (Å²) in [6.07, 6.45) is -1.95. The van der Waals surface area contributed by atoms with Crippen molar-refractivity contribution >= 4 is 0 Å². The summed E-state index contributed by atoms with van der Waals surface area (Å²) in [6, 6.07) is 18.4. The number of para-hydroxylation sites is 1. The molecule has 1 aliphatic carbocycles. The standard InChI is InChI=1S/C25H19F5O2/c26-19(14-17-6-11-22(27)23(15-17)31-20-4-2-1-3-5-20)16-24(12-13-24)18-7-9-21(10-8-18)32-25(28,29)30/h1-11,15-16H,12-14H2/b19-16-. The van der Waals surface area contributed by atoms with Crippen LogP contribution in [0.3, 0.4) is 0 Å². The van der Waals surface area contributed by atoms with E-state index in [1.54, 1.807) is 24.3 Å². The summed E-state index contributed by atoms with van der Waals surface area (Å²) in [6.45, 7) is 0. The van der Waals surface area contributed by atoms with Crippen molar-refractivity contribution in [3.8, 4) is 17.2 Å². The molecule has 0 unspecified atom stereocenters. The zero-order valence-corrected chi connectivity index (χ0v) is 16.8. The number of allylic oxidation sites excluding steroid dienone is 2. The summed E-state index contributed by atoms with van der Waals surface area (Å²) in [7, 11) is 0. The number of alkyl halides is 3. The Kier molecular flexibility index (Phi) is 5.91. The van der Waals surface area contributed by atoms with E-state index in [-0.39, 0.29) is 17.9 Å². The third kappa shape index (κ3) is 5.46. The van der Waals surface area contributed by atoms with Crippen LogP contribution in [-0.2, 0) is 11.8 Å². The lowest BCUT2D eigenvalue weighted by molar-refractivity contribution is -0.274. The maximum atomic E-state index is 14.8. The first kappa shape index (κ1) is 21.9. The van der Waals surface area contributed by atoms with Gasteiger partial charge in [-0.2, -0.15) is 0 Å². The molecule has 1 aliphatic rings. The predicted molar refractivity (Wildman–Crippen MR) is 110 cm³/mol. The van der Waals surface area contributed by atoms with Crippen LogP contribution in [0.5, 0.6) is 17.2 Å². The average Bonchev–Trinajstić information content (AvgIpc) is 3.51. The van der Waals surface area contributed by atoms with E-state index in [2.05, 4.69) is 4.74 Å². The van der Waals surface area contributed by atoms with Crippen molar-refractivity contribution in [3.63, 3.8) is 0 Å². The SMILES string of the molecule is F/C(=C\C1(c2ccc(OC(F)(F)F)cc2)CC1)Cc1ccc(F)c(Oc2ccccc2)c1. The topological polar surface area (TPSA) is 18.5 Å². The van der Waals surface area contributed by atoms with E-state index in [1.165, 1.54) is 48.5 Å². The number of ether oxygens (including phenoxy) is 2. The lowest BCUT2D eigenvalue weighted by atomic mass is 9.94. The molecule has 1 saturated carbocycles. The summed E-state index contributed by atoms with van der Waals surface area (Å²) >= 11 is 0. The molecule has 2 nitrogen and oxygen atoms in total. The predicted octanol–water partition coefficient (Wildman–Crippen LogP) is 7.64. The van der Waals surface area contributed by atoms with Gasteiger partial charge in [-0.05, 0) is 66.4 Å². The minimum Gasteiger partial charge on any atom is -0.454 e. The van der Waals surface area contributed by atoms with E-state index in [0.29, 0.717) is 24.2 Å². The lowest BCUT2D eigenvalue weighted by Crippen LogP contribution is -2.17. The van der Waals surface area contributed by atoms with Gasteiger partial charge in [-0.15, -0.1) is 13.2 Å². The van der Waals surface area contributed by atoms with Crippen molar-refractivity contribution in [1.82, 2.24) is 0 Å². The molecule has 0 heterocycles. The van der Waals surface area contributed by atoms with Gasteiger partial charge >= 0.3 is 6.36 Å². The number of hydrogen-bond acceptors (Lipinski definition) is 2. The smallest absolute Gasteiger partial charge is 0.454 e. The third-order valence-electron chi connectivity index (χ3n) is 5.22. The number of benzene rings is 3. The highest BCUT2D eigenvalue weighted by Gasteiger charge is 2.43. The Morgan fingerprint density at radius 2 is 1.59 bits per heavy atom. The molecule has 3 aromatic carbocycles. The quantitative estimate of drug-likeness (QED) is 0.347. The van der Waals surface area contributed by atoms with E-state index >= 15 is 0 Å². The Hall–Kier alpha value is -3.35. The Morgan fingerprint density at radius 3 is 2.22 bits per heavy atom. The highest BCUT2D eigenvalue weighted by Crippen LogP contribution is 2.50. The molecule has 32 heavy (non-hydrogen) atoms. The van der Waals surface area contributed by atoms with Crippen LogP contribution in [0.4, 0.5) is 22.0 Å². The molecular weight excluding hydrogens is 427 g/mol. The second-order valence-corrected chi connectivity index (χ2v) is 7.68. The van der Waals surface area contributed by atoms with E-state index in [9.17, 15) is 22.0 Å². The maximum absolute atomic E-state index is 14.8. The van der Waals surface area contributed by atoms with Crippen molar-refractivity contribution in [2.75, 3.05) is 0 Å². The molecule has 0 radical (unpaired) electrons. The van der Waals surface area contributed by atoms with E-state index in [4.69, 9.17) is 4.74 Å². The van der Waals surface area contributed by atoms with Crippen LogP contribution in [0.1, 0.15) is 24.0 Å². The van der Waals surface area contributed by atoms with Crippen molar-refractivity contribution in [3.05, 3.63) is 102 Å². The van der Waals surface area contributed by atoms with Crippen molar-refractivity contribution in [1.29, 1.82) is 0 Å². The number of halogens is 5. The van der Waals surface area contributed by atoms with Crippen LogP contribution >= 0.6 is 0 Å². The Labute approximate surface area is 181 Å². The highest BCUT2D eigenvalue weighted by atomic mass is 19.4. The zero-order valence-electron chi connectivity index (χ0n) is 16.8. The summed E-state index contributed by atoms with van der Waals surface area (Å²) in [5.41, 5.74) is 0.703. The molecule has 0 spiro atoms. The molecule has 7 heteroatoms. The molecule has 0 amide bonds. The molecule has 0 saturated heterocycles. The summed E-state index contributed by atoms with van der Waals surface area (Å²) in [4.78, 5) is 0. The van der Waals surface area contributed by atoms with Gasteiger partial charge in [-0.25, -0.2) is 8.78 Å². The van der Waals surface area contributed by atoms with E-state index < -0.39 is 23.4 Å². The van der Waals surface area contributed by atoms with Gasteiger partial charge in [-0.1, -0.05) is 36.4 Å². The third-order valence-corrected chi connectivity index (χ3v) is 5.22. The van der Waals surface area contributed by atoms with Gasteiger partial charge in [0.05, 0.1) is 0 Å². The van der Waals surface area contributed by atoms with Crippen molar-refractivity contribution < 1.29 is 31.4 Å². The normalized spacial score (nSPS) is 15.3.